The van der Waals surface area contributed by atoms with E-state index in [1.54, 1.807) is 53.1 Å². The maximum absolute atomic E-state index is 13.8. The summed E-state index contributed by atoms with van der Waals surface area (Å²) in [6.45, 7) is 1.27. The van der Waals surface area contributed by atoms with Gasteiger partial charge >= 0.3 is 12.4 Å². The van der Waals surface area contributed by atoms with E-state index in [4.69, 9.17) is 24.7 Å². The molecule has 0 aliphatic heterocycles. The molecule has 1 aromatic heterocycles. The minimum absolute atomic E-state index is 0.0499. The zero-order valence-electron chi connectivity index (χ0n) is 24.0. The highest BCUT2D eigenvalue weighted by atomic mass is 19.4. The SMILES string of the molecule is COc1ccc(-c2nc(-c3cc(C(F)(F)F)cc(C(F)(F)F)c3)n(CCOCCOCCN)c2-c2ccc(OC)cc2)cc1. The molecular weight excluding hydrogens is 592 g/mol. The molecule has 0 atom stereocenters. The second-order valence-electron chi connectivity index (χ2n) is 9.55. The molecule has 0 saturated carbocycles. The fourth-order valence-corrected chi connectivity index (χ4v) is 4.53. The summed E-state index contributed by atoms with van der Waals surface area (Å²) in [6, 6.07) is 15.1. The summed E-state index contributed by atoms with van der Waals surface area (Å²) in [7, 11) is 3.00. The van der Waals surface area contributed by atoms with Gasteiger partial charge in [0.25, 0.3) is 0 Å². The number of aromatic nitrogens is 2. The van der Waals surface area contributed by atoms with Crippen LogP contribution in [0.3, 0.4) is 0 Å². The van der Waals surface area contributed by atoms with E-state index in [0.29, 0.717) is 59.3 Å². The Hall–Kier alpha value is -4.07. The lowest BCUT2D eigenvalue weighted by Crippen LogP contribution is -2.15. The number of methoxy groups -OCH3 is 2. The number of nitrogens with two attached hydrogens (primary N) is 1. The van der Waals surface area contributed by atoms with Crippen LogP contribution in [0.5, 0.6) is 11.5 Å². The maximum atomic E-state index is 13.8. The molecule has 4 aromatic rings. The van der Waals surface area contributed by atoms with Crippen molar-refractivity contribution in [3.63, 3.8) is 0 Å². The molecule has 0 aliphatic carbocycles. The van der Waals surface area contributed by atoms with E-state index in [1.807, 2.05) is 0 Å². The Bertz CT molecular complexity index is 1490. The molecule has 0 amide bonds. The van der Waals surface area contributed by atoms with Gasteiger partial charge in [-0.05, 0) is 66.7 Å². The first-order valence-electron chi connectivity index (χ1n) is 13.5. The summed E-state index contributed by atoms with van der Waals surface area (Å²) in [4.78, 5) is 4.67. The highest BCUT2D eigenvalue weighted by molar-refractivity contribution is 5.82. The van der Waals surface area contributed by atoms with Crippen LogP contribution in [0.1, 0.15) is 11.1 Å². The minimum Gasteiger partial charge on any atom is -0.497 e. The molecule has 0 saturated heterocycles. The first-order valence-corrected chi connectivity index (χ1v) is 13.5. The summed E-state index contributed by atoms with van der Waals surface area (Å²) >= 11 is 0. The molecule has 13 heteroatoms. The van der Waals surface area contributed by atoms with Gasteiger partial charge in [-0.3, -0.25) is 0 Å². The highest BCUT2D eigenvalue weighted by Crippen LogP contribution is 2.42. The molecule has 0 fully saturated rings. The highest BCUT2D eigenvalue weighted by Gasteiger charge is 2.37. The van der Waals surface area contributed by atoms with Crippen molar-refractivity contribution >= 4 is 0 Å². The van der Waals surface area contributed by atoms with E-state index in [-0.39, 0.29) is 43.8 Å². The number of hydrogen-bond acceptors (Lipinski definition) is 6. The number of halogens is 6. The largest absolute Gasteiger partial charge is 0.497 e. The van der Waals surface area contributed by atoms with Gasteiger partial charge in [0.1, 0.15) is 17.3 Å². The third-order valence-corrected chi connectivity index (χ3v) is 6.63. The van der Waals surface area contributed by atoms with Gasteiger partial charge in [0.05, 0.1) is 63.2 Å². The molecular formula is C31H31F6N3O4. The third kappa shape index (κ3) is 7.90. The average molecular weight is 624 g/mol. The lowest BCUT2D eigenvalue weighted by molar-refractivity contribution is -0.143. The van der Waals surface area contributed by atoms with Gasteiger partial charge < -0.3 is 29.2 Å². The summed E-state index contributed by atoms with van der Waals surface area (Å²) in [6.07, 6.45) is -10.1. The number of benzene rings is 3. The fraction of sp³-hybridized carbons (Fsp3) is 0.323. The van der Waals surface area contributed by atoms with Gasteiger partial charge in [-0.15, -0.1) is 0 Å². The topological polar surface area (TPSA) is 80.8 Å². The van der Waals surface area contributed by atoms with Gasteiger partial charge in [0.2, 0.25) is 0 Å². The van der Waals surface area contributed by atoms with Gasteiger partial charge in [0, 0.05) is 29.8 Å². The number of alkyl halides is 6. The molecule has 1 heterocycles. The molecule has 0 bridgehead atoms. The van der Waals surface area contributed by atoms with Gasteiger partial charge in [-0.25, -0.2) is 4.98 Å². The Kier molecular flexibility index (Phi) is 10.6. The molecule has 0 radical (unpaired) electrons. The molecule has 0 spiro atoms. The van der Waals surface area contributed by atoms with Crippen LogP contribution in [0.2, 0.25) is 0 Å². The van der Waals surface area contributed by atoms with E-state index in [1.165, 1.54) is 14.2 Å². The van der Waals surface area contributed by atoms with Crippen molar-refractivity contribution in [3.05, 3.63) is 77.9 Å². The van der Waals surface area contributed by atoms with Crippen LogP contribution in [-0.2, 0) is 28.4 Å². The zero-order valence-corrected chi connectivity index (χ0v) is 24.0. The Morgan fingerprint density at radius 3 is 1.64 bits per heavy atom. The molecule has 0 aliphatic rings. The molecule has 3 aromatic carbocycles. The quantitative estimate of drug-likeness (QED) is 0.129. The maximum Gasteiger partial charge on any atom is 0.416 e. The first-order chi connectivity index (χ1) is 21.0. The number of imidazole rings is 1. The molecule has 7 nitrogen and oxygen atoms in total. The molecule has 4 rings (SSSR count). The van der Waals surface area contributed by atoms with E-state index in [2.05, 4.69) is 4.98 Å². The summed E-state index contributed by atoms with van der Waals surface area (Å²) < 4.78 is 106. The van der Waals surface area contributed by atoms with Gasteiger partial charge in [-0.1, -0.05) is 0 Å². The van der Waals surface area contributed by atoms with Crippen molar-refractivity contribution in [2.45, 2.75) is 18.9 Å². The van der Waals surface area contributed by atoms with E-state index < -0.39 is 23.5 Å². The smallest absolute Gasteiger partial charge is 0.416 e. The average Bonchev–Trinajstić information content (AvgIpc) is 3.39. The molecule has 2 N–H and O–H groups in total. The monoisotopic (exact) mass is 623 g/mol. The van der Waals surface area contributed by atoms with Crippen molar-refractivity contribution < 1.29 is 45.3 Å². The second kappa shape index (κ2) is 14.1. The van der Waals surface area contributed by atoms with Crippen LogP contribution in [0.15, 0.2) is 66.7 Å². The minimum atomic E-state index is -5.03. The van der Waals surface area contributed by atoms with Crippen LogP contribution in [0.25, 0.3) is 33.9 Å². The van der Waals surface area contributed by atoms with Crippen LogP contribution in [0, 0.1) is 0 Å². The predicted octanol–water partition coefficient (Wildman–Crippen LogP) is 6.93. The van der Waals surface area contributed by atoms with E-state index in [0.717, 1.165) is 0 Å². The normalized spacial score (nSPS) is 12.0. The predicted molar refractivity (Wildman–Crippen MR) is 152 cm³/mol. The standard InChI is InChI=1S/C31H31F6N3O4/c1-41-25-7-3-20(4-8-25)27-28(21-5-9-26(42-2)10-6-21)40(12-14-44-16-15-43-13-11-38)29(39-27)22-17-23(30(32,33)34)19-24(18-22)31(35,36)37/h3-10,17-19H,11-16,38H2,1-2H3. The van der Waals surface area contributed by atoms with E-state index >= 15 is 0 Å². The summed E-state index contributed by atoms with van der Waals surface area (Å²) in [5.74, 6) is 1.01. The number of hydrogen-bond donors (Lipinski definition) is 1. The Morgan fingerprint density at radius 2 is 1.16 bits per heavy atom. The van der Waals surface area contributed by atoms with Crippen molar-refractivity contribution in [2.24, 2.45) is 5.73 Å². The van der Waals surface area contributed by atoms with Crippen LogP contribution in [0.4, 0.5) is 26.3 Å². The number of ether oxygens (including phenoxy) is 4. The molecule has 236 valence electrons. The third-order valence-electron chi connectivity index (χ3n) is 6.63. The number of nitrogens with zero attached hydrogens (tertiary/aromatic N) is 2. The summed E-state index contributed by atoms with van der Waals surface area (Å²) in [5, 5.41) is 0. The molecule has 44 heavy (non-hydrogen) atoms. The van der Waals surface area contributed by atoms with Crippen molar-refractivity contribution in [3.8, 4) is 45.4 Å². The lowest BCUT2D eigenvalue weighted by Gasteiger charge is -2.17. The van der Waals surface area contributed by atoms with Gasteiger partial charge in [-0.2, -0.15) is 26.3 Å². The zero-order chi connectivity index (χ0) is 31.9. The Labute approximate surface area is 250 Å². The Morgan fingerprint density at radius 1 is 0.659 bits per heavy atom. The van der Waals surface area contributed by atoms with Crippen molar-refractivity contribution in [1.29, 1.82) is 0 Å². The van der Waals surface area contributed by atoms with Crippen LogP contribution < -0.4 is 15.2 Å². The van der Waals surface area contributed by atoms with Crippen molar-refractivity contribution in [2.75, 3.05) is 47.2 Å². The Balaban J connectivity index is 1.93. The number of rotatable bonds is 13. The fourth-order valence-electron chi connectivity index (χ4n) is 4.53. The van der Waals surface area contributed by atoms with Crippen LogP contribution in [-0.4, -0.2) is 56.7 Å². The van der Waals surface area contributed by atoms with Crippen LogP contribution >= 0.6 is 0 Å². The van der Waals surface area contributed by atoms with Gasteiger partial charge in [0.15, 0.2) is 0 Å². The first kappa shape index (κ1) is 32.8. The van der Waals surface area contributed by atoms with Crippen molar-refractivity contribution in [1.82, 2.24) is 9.55 Å². The lowest BCUT2D eigenvalue weighted by atomic mass is 10.0. The second-order valence-corrected chi connectivity index (χ2v) is 9.55. The van der Waals surface area contributed by atoms with E-state index in [9.17, 15) is 26.3 Å². The summed E-state index contributed by atoms with van der Waals surface area (Å²) in [5.41, 5.74) is 4.14. The molecule has 0 unspecified atom stereocenters.